The van der Waals surface area contributed by atoms with Crippen molar-refractivity contribution in [3.05, 3.63) is 47.3 Å². The van der Waals surface area contributed by atoms with Gasteiger partial charge in [-0.15, -0.1) is 0 Å². The van der Waals surface area contributed by atoms with Crippen LogP contribution in [0.1, 0.15) is 62.0 Å². The molecule has 0 bridgehead atoms. The second kappa shape index (κ2) is 4.62. The number of nitrogens with zero attached hydrogens (tertiary/aromatic N) is 2. The molecule has 0 amide bonds. The highest BCUT2D eigenvalue weighted by atomic mass is 16.5. The summed E-state index contributed by atoms with van der Waals surface area (Å²) < 4.78 is 5.62. The van der Waals surface area contributed by atoms with Crippen molar-refractivity contribution in [1.29, 1.82) is 0 Å². The maximum absolute atomic E-state index is 5.62. The van der Waals surface area contributed by atoms with Crippen LogP contribution in [-0.4, -0.2) is 5.16 Å². The fraction of sp³-hybridized carbons (Fsp3) is 0.500. The van der Waals surface area contributed by atoms with Gasteiger partial charge in [-0.1, -0.05) is 42.6 Å². The molecule has 0 radical (unpaired) electrons. The van der Waals surface area contributed by atoms with E-state index in [9.17, 15) is 0 Å². The molecule has 1 aromatic carbocycles. The first-order chi connectivity index (χ1) is 10.2. The molecule has 110 valence electrons. The number of anilines is 1. The largest absolute Gasteiger partial charge is 0.359 e. The van der Waals surface area contributed by atoms with Crippen molar-refractivity contribution in [3.63, 3.8) is 0 Å². The number of aryl methyl sites for hydroxylation is 1. The molecule has 1 aliphatic carbocycles. The van der Waals surface area contributed by atoms with Gasteiger partial charge in [0.2, 0.25) is 0 Å². The molecule has 3 heteroatoms. The predicted octanol–water partition coefficient (Wildman–Crippen LogP) is 4.72. The molecule has 0 unspecified atom stereocenters. The van der Waals surface area contributed by atoms with Crippen molar-refractivity contribution >= 4 is 5.69 Å². The Bertz CT molecular complexity index is 655. The smallest absolute Gasteiger partial charge is 0.164 e. The van der Waals surface area contributed by atoms with E-state index in [0.717, 1.165) is 5.76 Å². The van der Waals surface area contributed by atoms with Gasteiger partial charge < -0.3 is 9.42 Å². The molecule has 2 aromatic rings. The predicted molar refractivity (Wildman–Crippen MR) is 83.3 cm³/mol. The topological polar surface area (TPSA) is 29.3 Å². The van der Waals surface area contributed by atoms with E-state index in [1.54, 1.807) is 0 Å². The number of hydrogen-bond acceptors (Lipinski definition) is 3. The van der Waals surface area contributed by atoms with Crippen LogP contribution in [0.2, 0.25) is 0 Å². The van der Waals surface area contributed by atoms with E-state index in [2.05, 4.69) is 48.2 Å². The summed E-state index contributed by atoms with van der Waals surface area (Å²) in [6.07, 6.45) is 8.31. The lowest BCUT2D eigenvalue weighted by Crippen LogP contribution is -2.44. The minimum Gasteiger partial charge on any atom is -0.359 e. The van der Waals surface area contributed by atoms with Gasteiger partial charge in [0, 0.05) is 11.3 Å². The molecule has 4 rings (SSSR count). The van der Waals surface area contributed by atoms with Crippen LogP contribution < -0.4 is 4.90 Å². The van der Waals surface area contributed by atoms with Gasteiger partial charge in [0.1, 0.15) is 0 Å². The Kier molecular flexibility index (Phi) is 2.84. The van der Waals surface area contributed by atoms with Gasteiger partial charge in [-0.2, -0.15) is 0 Å². The number of para-hydroxylation sites is 1. The van der Waals surface area contributed by atoms with Gasteiger partial charge in [-0.05, 0) is 38.3 Å². The molecule has 1 atom stereocenters. The van der Waals surface area contributed by atoms with Gasteiger partial charge in [-0.25, -0.2) is 0 Å². The lowest BCUT2D eigenvalue weighted by molar-refractivity contribution is 0.278. The first-order valence-electron chi connectivity index (χ1n) is 8.04. The minimum absolute atomic E-state index is 0.0963. The summed E-state index contributed by atoms with van der Waals surface area (Å²) in [5, 5.41) is 4.09. The zero-order valence-corrected chi connectivity index (χ0v) is 12.8. The molecule has 1 aliphatic heterocycles. The summed E-state index contributed by atoms with van der Waals surface area (Å²) in [5.74, 6) is 1.07. The highest BCUT2D eigenvalue weighted by molar-refractivity contribution is 5.61. The highest BCUT2D eigenvalue weighted by Gasteiger charge is 2.52. The van der Waals surface area contributed by atoms with Crippen molar-refractivity contribution in [2.75, 3.05) is 4.90 Å². The Morgan fingerprint density at radius 1 is 1.19 bits per heavy atom. The second-order valence-electron chi connectivity index (χ2n) is 6.53. The maximum atomic E-state index is 5.62. The van der Waals surface area contributed by atoms with Crippen LogP contribution in [-0.2, 0) is 5.54 Å². The van der Waals surface area contributed by atoms with Gasteiger partial charge in [0.15, 0.2) is 5.76 Å². The molecule has 1 saturated carbocycles. The van der Waals surface area contributed by atoms with Crippen LogP contribution in [0, 0.1) is 6.92 Å². The van der Waals surface area contributed by atoms with E-state index in [4.69, 9.17) is 4.52 Å². The molecular weight excluding hydrogens is 260 g/mol. The van der Waals surface area contributed by atoms with E-state index < -0.39 is 0 Å². The summed E-state index contributed by atoms with van der Waals surface area (Å²) in [5.41, 5.74) is 4.11. The van der Waals surface area contributed by atoms with Crippen LogP contribution in [0.4, 0.5) is 5.69 Å². The summed E-state index contributed by atoms with van der Waals surface area (Å²) in [6.45, 7) is 4.46. The third-order valence-corrected chi connectivity index (χ3v) is 5.38. The van der Waals surface area contributed by atoms with Crippen molar-refractivity contribution in [1.82, 2.24) is 5.16 Å². The van der Waals surface area contributed by atoms with Crippen molar-refractivity contribution < 1.29 is 4.52 Å². The van der Waals surface area contributed by atoms with E-state index in [-0.39, 0.29) is 11.6 Å². The Hall–Kier alpha value is -1.77. The molecule has 2 aliphatic rings. The average molecular weight is 282 g/mol. The number of aromatic nitrogens is 1. The molecule has 1 aromatic heterocycles. The number of hydrogen-bond donors (Lipinski definition) is 0. The van der Waals surface area contributed by atoms with E-state index in [1.165, 1.54) is 48.9 Å². The SMILES string of the molecule is Cc1ccccc1N1[C@@H](C)c2oncc2C12CCCCC2. The molecule has 1 spiro atoms. The summed E-state index contributed by atoms with van der Waals surface area (Å²) in [4.78, 5) is 2.61. The van der Waals surface area contributed by atoms with Gasteiger partial charge in [-0.3, -0.25) is 0 Å². The van der Waals surface area contributed by atoms with Crippen LogP contribution in [0.3, 0.4) is 0 Å². The van der Waals surface area contributed by atoms with Gasteiger partial charge >= 0.3 is 0 Å². The molecule has 0 saturated heterocycles. The molecule has 0 N–H and O–H groups in total. The fourth-order valence-electron chi connectivity index (χ4n) is 4.44. The van der Waals surface area contributed by atoms with Crippen molar-refractivity contribution in [3.8, 4) is 0 Å². The summed E-state index contributed by atoms with van der Waals surface area (Å²) in [6, 6.07) is 8.98. The normalized spacial score (nSPS) is 23.5. The standard InChI is InChI=1S/C18H22N2O/c1-13-8-4-5-9-16(13)20-14(2)17-15(12-19-21-17)18(20)10-6-3-7-11-18/h4-5,8-9,12,14H,3,6-7,10-11H2,1-2H3/t14-/m0/s1. The van der Waals surface area contributed by atoms with Crippen LogP contribution in [0.5, 0.6) is 0 Å². The van der Waals surface area contributed by atoms with E-state index in [1.807, 2.05) is 6.20 Å². The van der Waals surface area contributed by atoms with Gasteiger partial charge in [0.05, 0.1) is 17.8 Å². The third kappa shape index (κ3) is 1.69. The molecule has 2 heterocycles. The summed E-state index contributed by atoms with van der Waals surface area (Å²) in [7, 11) is 0. The quantitative estimate of drug-likeness (QED) is 0.757. The Morgan fingerprint density at radius 3 is 2.71 bits per heavy atom. The number of rotatable bonds is 1. The zero-order chi connectivity index (χ0) is 14.4. The van der Waals surface area contributed by atoms with Crippen LogP contribution in [0.15, 0.2) is 35.0 Å². The Balaban J connectivity index is 1.89. The minimum atomic E-state index is 0.0963. The van der Waals surface area contributed by atoms with Gasteiger partial charge in [0.25, 0.3) is 0 Å². The third-order valence-electron chi connectivity index (χ3n) is 5.38. The van der Waals surface area contributed by atoms with E-state index in [0.29, 0.717) is 0 Å². The zero-order valence-electron chi connectivity index (χ0n) is 12.8. The molecule has 3 nitrogen and oxygen atoms in total. The van der Waals surface area contributed by atoms with Crippen molar-refractivity contribution in [2.45, 2.75) is 57.5 Å². The lowest BCUT2D eigenvalue weighted by Gasteiger charge is -2.45. The highest BCUT2D eigenvalue weighted by Crippen LogP contribution is 2.55. The van der Waals surface area contributed by atoms with Crippen LogP contribution in [0.25, 0.3) is 0 Å². The first kappa shape index (κ1) is 12.9. The Labute approximate surface area is 125 Å². The second-order valence-corrected chi connectivity index (χ2v) is 6.53. The Morgan fingerprint density at radius 2 is 1.95 bits per heavy atom. The monoisotopic (exact) mass is 282 g/mol. The summed E-state index contributed by atoms with van der Waals surface area (Å²) >= 11 is 0. The van der Waals surface area contributed by atoms with Crippen LogP contribution >= 0.6 is 0 Å². The maximum Gasteiger partial charge on any atom is 0.164 e. The average Bonchev–Trinajstić information content (AvgIpc) is 3.06. The molecule has 1 fully saturated rings. The number of fused-ring (bicyclic) bond motifs is 2. The fourth-order valence-corrected chi connectivity index (χ4v) is 4.44. The molecular formula is C18H22N2O. The molecule has 21 heavy (non-hydrogen) atoms. The van der Waals surface area contributed by atoms with E-state index >= 15 is 0 Å². The lowest BCUT2D eigenvalue weighted by atomic mass is 9.77. The number of benzene rings is 1. The first-order valence-corrected chi connectivity index (χ1v) is 8.04. The van der Waals surface area contributed by atoms with Crippen molar-refractivity contribution in [2.24, 2.45) is 0 Å².